The number of aromatic nitrogens is 2. The van der Waals surface area contributed by atoms with Crippen molar-refractivity contribution in [3.63, 3.8) is 0 Å². The molecule has 0 radical (unpaired) electrons. The van der Waals surface area contributed by atoms with Gasteiger partial charge in [0.2, 0.25) is 0 Å². The van der Waals surface area contributed by atoms with E-state index in [0.717, 1.165) is 6.07 Å². The summed E-state index contributed by atoms with van der Waals surface area (Å²) in [6, 6.07) is 3.82. The van der Waals surface area contributed by atoms with Crippen LogP contribution in [0, 0.1) is 6.92 Å². The highest BCUT2D eigenvalue weighted by Gasteiger charge is 2.31. The van der Waals surface area contributed by atoms with Crippen LogP contribution in [-0.2, 0) is 0 Å². The van der Waals surface area contributed by atoms with Gasteiger partial charge in [-0.05, 0) is 19.1 Å². The van der Waals surface area contributed by atoms with Crippen LogP contribution in [-0.4, -0.2) is 30.5 Å². The SMILES string of the molecule is CNc1cnc(C)c(-c2ccc(OC(F)(F)F)cc2OC)n1. The minimum absolute atomic E-state index is 0.215. The zero-order valence-corrected chi connectivity index (χ0v) is 12.2. The van der Waals surface area contributed by atoms with E-state index in [2.05, 4.69) is 20.0 Å². The number of alkyl halides is 3. The molecule has 5 nitrogen and oxygen atoms in total. The molecule has 0 unspecified atom stereocenters. The molecule has 0 aliphatic heterocycles. The predicted octanol–water partition coefficient (Wildman–Crippen LogP) is 3.40. The lowest BCUT2D eigenvalue weighted by molar-refractivity contribution is -0.274. The number of methoxy groups -OCH3 is 1. The van der Waals surface area contributed by atoms with Crippen molar-refractivity contribution in [1.29, 1.82) is 0 Å². The largest absolute Gasteiger partial charge is 0.573 e. The third-order valence-electron chi connectivity index (χ3n) is 2.87. The Balaban J connectivity index is 2.48. The molecule has 0 bridgehead atoms. The van der Waals surface area contributed by atoms with Crippen LogP contribution >= 0.6 is 0 Å². The molecule has 0 fully saturated rings. The molecule has 1 aromatic heterocycles. The number of halogens is 3. The number of nitrogens with one attached hydrogen (secondary N) is 1. The average molecular weight is 313 g/mol. The van der Waals surface area contributed by atoms with E-state index in [-0.39, 0.29) is 11.5 Å². The Kier molecular flexibility index (Phi) is 4.39. The number of anilines is 1. The molecule has 0 amide bonds. The summed E-state index contributed by atoms with van der Waals surface area (Å²) in [4.78, 5) is 8.55. The summed E-state index contributed by atoms with van der Waals surface area (Å²) < 4.78 is 45.8. The van der Waals surface area contributed by atoms with Gasteiger partial charge in [0.05, 0.1) is 24.7 Å². The lowest BCUT2D eigenvalue weighted by Crippen LogP contribution is -2.17. The standard InChI is InChI=1S/C14H14F3N3O2/c1-8-13(20-12(18-2)7-19-8)10-5-4-9(6-11(10)21-3)22-14(15,16)17/h4-7H,1-3H3,(H,18,20). The molecular formula is C14H14F3N3O2. The van der Waals surface area contributed by atoms with Crippen molar-refractivity contribution < 1.29 is 22.6 Å². The third kappa shape index (κ3) is 3.57. The van der Waals surface area contributed by atoms with E-state index >= 15 is 0 Å². The summed E-state index contributed by atoms with van der Waals surface area (Å²) in [5, 5.41) is 2.86. The van der Waals surface area contributed by atoms with Crippen LogP contribution in [0.5, 0.6) is 11.5 Å². The summed E-state index contributed by atoms with van der Waals surface area (Å²) in [6.07, 6.45) is -3.19. The van der Waals surface area contributed by atoms with Crippen LogP contribution < -0.4 is 14.8 Å². The summed E-state index contributed by atoms with van der Waals surface area (Å²) >= 11 is 0. The van der Waals surface area contributed by atoms with Crippen LogP contribution in [0.3, 0.4) is 0 Å². The number of nitrogens with zero attached hydrogens (tertiary/aromatic N) is 2. The topological polar surface area (TPSA) is 56.3 Å². The van der Waals surface area contributed by atoms with Gasteiger partial charge in [0.1, 0.15) is 17.3 Å². The van der Waals surface area contributed by atoms with Gasteiger partial charge in [-0.3, -0.25) is 4.98 Å². The zero-order valence-electron chi connectivity index (χ0n) is 12.2. The van der Waals surface area contributed by atoms with Crippen molar-refractivity contribution in [3.05, 3.63) is 30.1 Å². The second-order valence-corrected chi connectivity index (χ2v) is 4.35. The number of benzene rings is 1. The maximum atomic E-state index is 12.3. The molecule has 0 aliphatic carbocycles. The minimum atomic E-state index is -4.76. The smallest absolute Gasteiger partial charge is 0.496 e. The van der Waals surface area contributed by atoms with Gasteiger partial charge in [-0.25, -0.2) is 4.98 Å². The van der Waals surface area contributed by atoms with E-state index < -0.39 is 6.36 Å². The summed E-state index contributed by atoms with van der Waals surface area (Å²) in [5.74, 6) is 0.397. The number of hydrogen-bond donors (Lipinski definition) is 1. The number of aryl methyl sites for hydroxylation is 1. The lowest BCUT2D eigenvalue weighted by atomic mass is 10.1. The quantitative estimate of drug-likeness (QED) is 0.937. The molecule has 0 spiro atoms. The molecule has 2 aromatic rings. The third-order valence-corrected chi connectivity index (χ3v) is 2.87. The van der Waals surface area contributed by atoms with Gasteiger partial charge in [0.25, 0.3) is 0 Å². The van der Waals surface area contributed by atoms with E-state index in [1.165, 1.54) is 19.2 Å². The molecule has 0 atom stereocenters. The van der Waals surface area contributed by atoms with Crippen LogP contribution in [0.4, 0.5) is 19.0 Å². The van der Waals surface area contributed by atoms with E-state index in [9.17, 15) is 13.2 Å². The first-order valence-electron chi connectivity index (χ1n) is 6.29. The van der Waals surface area contributed by atoms with E-state index in [0.29, 0.717) is 22.8 Å². The Morgan fingerprint density at radius 3 is 2.55 bits per heavy atom. The van der Waals surface area contributed by atoms with Gasteiger partial charge >= 0.3 is 6.36 Å². The summed E-state index contributed by atoms with van der Waals surface area (Å²) in [5.41, 5.74) is 1.67. The van der Waals surface area contributed by atoms with Gasteiger partial charge in [-0.15, -0.1) is 13.2 Å². The number of ether oxygens (including phenoxy) is 2. The molecule has 8 heteroatoms. The summed E-state index contributed by atoms with van der Waals surface area (Å²) in [6.45, 7) is 1.75. The molecular weight excluding hydrogens is 299 g/mol. The molecule has 0 saturated carbocycles. The highest BCUT2D eigenvalue weighted by Crippen LogP contribution is 2.35. The van der Waals surface area contributed by atoms with Crippen molar-refractivity contribution in [2.24, 2.45) is 0 Å². The van der Waals surface area contributed by atoms with Crippen LogP contribution in [0.25, 0.3) is 11.3 Å². The first-order chi connectivity index (χ1) is 10.3. The van der Waals surface area contributed by atoms with Gasteiger partial charge in [-0.1, -0.05) is 0 Å². The van der Waals surface area contributed by atoms with Crippen molar-refractivity contribution in [3.8, 4) is 22.8 Å². The number of hydrogen-bond acceptors (Lipinski definition) is 5. The first-order valence-corrected chi connectivity index (χ1v) is 6.29. The minimum Gasteiger partial charge on any atom is -0.496 e. The van der Waals surface area contributed by atoms with Crippen molar-refractivity contribution >= 4 is 5.82 Å². The molecule has 1 heterocycles. The van der Waals surface area contributed by atoms with E-state index in [4.69, 9.17) is 4.74 Å². The van der Waals surface area contributed by atoms with E-state index in [1.54, 1.807) is 20.2 Å². The van der Waals surface area contributed by atoms with Crippen molar-refractivity contribution in [1.82, 2.24) is 9.97 Å². The van der Waals surface area contributed by atoms with Crippen LogP contribution in [0.15, 0.2) is 24.4 Å². The summed E-state index contributed by atoms with van der Waals surface area (Å²) in [7, 11) is 3.06. The predicted molar refractivity (Wildman–Crippen MR) is 75.0 cm³/mol. The van der Waals surface area contributed by atoms with Gasteiger partial charge < -0.3 is 14.8 Å². The maximum Gasteiger partial charge on any atom is 0.573 e. The Hall–Kier alpha value is -2.51. The monoisotopic (exact) mass is 313 g/mol. The highest BCUT2D eigenvalue weighted by molar-refractivity contribution is 5.71. The Labute approximate surface area is 125 Å². The van der Waals surface area contributed by atoms with Gasteiger partial charge in [0.15, 0.2) is 0 Å². The molecule has 22 heavy (non-hydrogen) atoms. The molecule has 2 rings (SSSR count). The number of rotatable bonds is 4. The molecule has 1 aromatic carbocycles. The fraction of sp³-hybridized carbons (Fsp3) is 0.286. The van der Waals surface area contributed by atoms with Gasteiger partial charge in [-0.2, -0.15) is 0 Å². The Morgan fingerprint density at radius 2 is 1.95 bits per heavy atom. The molecule has 0 aliphatic rings. The van der Waals surface area contributed by atoms with E-state index in [1.807, 2.05) is 0 Å². The molecule has 0 saturated heterocycles. The Bertz CT molecular complexity index is 675. The zero-order chi connectivity index (χ0) is 16.3. The average Bonchev–Trinajstić information content (AvgIpc) is 2.46. The lowest BCUT2D eigenvalue weighted by Gasteiger charge is -2.14. The van der Waals surface area contributed by atoms with Crippen molar-refractivity contribution in [2.75, 3.05) is 19.5 Å². The molecule has 1 N–H and O–H groups in total. The van der Waals surface area contributed by atoms with Crippen LogP contribution in [0.2, 0.25) is 0 Å². The van der Waals surface area contributed by atoms with Crippen molar-refractivity contribution in [2.45, 2.75) is 13.3 Å². The maximum absolute atomic E-state index is 12.3. The highest BCUT2D eigenvalue weighted by atomic mass is 19.4. The second-order valence-electron chi connectivity index (χ2n) is 4.35. The normalized spacial score (nSPS) is 11.2. The molecule has 118 valence electrons. The van der Waals surface area contributed by atoms with Gasteiger partial charge in [0, 0.05) is 18.7 Å². The Morgan fingerprint density at radius 1 is 1.23 bits per heavy atom. The first kappa shape index (κ1) is 15.9. The fourth-order valence-corrected chi connectivity index (χ4v) is 1.89. The fourth-order valence-electron chi connectivity index (χ4n) is 1.89. The van der Waals surface area contributed by atoms with Crippen LogP contribution in [0.1, 0.15) is 5.69 Å². The second kappa shape index (κ2) is 6.08.